The van der Waals surface area contributed by atoms with E-state index in [1.807, 2.05) is 19.1 Å². The summed E-state index contributed by atoms with van der Waals surface area (Å²) in [5, 5.41) is 19.3. The minimum atomic E-state index is -0.189. The summed E-state index contributed by atoms with van der Waals surface area (Å²) in [4.78, 5) is 12.4. The average Bonchev–Trinajstić information content (AvgIpc) is 2.49. The topological polar surface area (TPSA) is 78.6 Å². The van der Waals surface area contributed by atoms with Gasteiger partial charge < -0.3 is 10.2 Å². The van der Waals surface area contributed by atoms with Crippen LogP contribution in [0.2, 0.25) is 0 Å². The molecule has 0 amide bonds. The minimum Gasteiger partial charge on any atom is -0.505 e. The number of nitrogens with zero attached hydrogens (tertiary/aromatic N) is 3. The van der Waals surface area contributed by atoms with Gasteiger partial charge in [-0.2, -0.15) is 0 Å². The first-order chi connectivity index (χ1) is 9.63. The van der Waals surface area contributed by atoms with Crippen molar-refractivity contribution in [2.45, 2.75) is 26.5 Å². The Morgan fingerprint density at radius 1 is 1.35 bits per heavy atom. The Morgan fingerprint density at radius 2 is 2.05 bits per heavy atom. The Kier molecular flexibility index (Phi) is 4.42. The molecule has 1 atom stereocenters. The molecule has 5 heteroatoms. The minimum absolute atomic E-state index is 0.0576. The lowest BCUT2D eigenvalue weighted by Gasteiger charge is -2.09. The van der Waals surface area contributed by atoms with Crippen molar-refractivity contribution in [3.8, 4) is 5.75 Å². The van der Waals surface area contributed by atoms with E-state index in [-0.39, 0.29) is 18.4 Å². The maximum atomic E-state index is 10.0. The predicted molar refractivity (Wildman–Crippen MR) is 76.8 cm³/mol. The van der Waals surface area contributed by atoms with E-state index in [0.717, 1.165) is 5.56 Å². The number of aromatic hydroxyl groups is 1. The van der Waals surface area contributed by atoms with Gasteiger partial charge in [-0.05, 0) is 31.5 Å². The molecular weight excluding hydrogens is 254 g/mol. The lowest BCUT2D eigenvalue weighted by atomic mass is 10.1. The van der Waals surface area contributed by atoms with Crippen LogP contribution in [0.4, 0.5) is 0 Å². The van der Waals surface area contributed by atoms with Crippen LogP contribution >= 0.6 is 0 Å². The number of hydrogen-bond acceptors (Lipinski definition) is 5. The van der Waals surface area contributed by atoms with Crippen LogP contribution in [0.1, 0.15) is 35.3 Å². The van der Waals surface area contributed by atoms with E-state index in [4.69, 9.17) is 0 Å². The van der Waals surface area contributed by atoms with Gasteiger partial charge in [0.05, 0.1) is 18.3 Å². The Hall–Kier alpha value is -2.27. The maximum absolute atomic E-state index is 10.0. The summed E-state index contributed by atoms with van der Waals surface area (Å²) < 4.78 is 0. The second-order valence-electron chi connectivity index (χ2n) is 4.52. The molecule has 5 nitrogen and oxygen atoms in total. The third-order valence-electron chi connectivity index (χ3n) is 3.14. The summed E-state index contributed by atoms with van der Waals surface area (Å²) in [6, 6.07) is 3.73. The first kappa shape index (κ1) is 14.1. The lowest BCUT2D eigenvalue weighted by Crippen LogP contribution is -1.99. The third kappa shape index (κ3) is 3.00. The summed E-state index contributed by atoms with van der Waals surface area (Å²) in [6.07, 6.45) is 6.57. The Morgan fingerprint density at radius 3 is 2.70 bits per heavy atom. The van der Waals surface area contributed by atoms with Crippen LogP contribution in [0.5, 0.6) is 5.75 Å². The van der Waals surface area contributed by atoms with Crippen molar-refractivity contribution in [2.75, 3.05) is 0 Å². The molecule has 104 valence electrons. The molecule has 20 heavy (non-hydrogen) atoms. The number of rotatable bonds is 4. The van der Waals surface area contributed by atoms with Gasteiger partial charge in [-0.1, -0.05) is 0 Å². The van der Waals surface area contributed by atoms with E-state index in [1.54, 1.807) is 31.7 Å². The van der Waals surface area contributed by atoms with Crippen molar-refractivity contribution < 1.29 is 10.2 Å². The Labute approximate surface area is 117 Å². The smallest absolute Gasteiger partial charge is 0.145 e. The van der Waals surface area contributed by atoms with Crippen LogP contribution in [0, 0.1) is 6.92 Å². The normalized spacial score (nSPS) is 12.8. The lowest BCUT2D eigenvalue weighted by molar-refractivity contribution is 0.280. The monoisotopic (exact) mass is 271 g/mol. The third-order valence-corrected chi connectivity index (χ3v) is 3.14. The molecule has 0 aliphatic rings. The number of aryl methyl sites for hydroxylation is 1. The molecule has 0 spiro atoms. The van der Waals surface area contributed by atoms with Crippen LogP contribution in [-0.4, -0.2) is 26.4 Å². The first-order valence-corrected chi connectivity index (χ1v) is 6.35. The fraction of sp³-hybridized carbons (Fsp3) is 0.267. The van der Waals surface area contributed by atoms with E-state index >= 15 is 0 Å². The number of pyridine rings is 2. The van der Waals surface area contributed by atoms with E-state index in [0.29, 0.717) is 16.8 Å². The molecule has 2 aromatic heterocycles. The average molecular weight is 271 g/mol. The molecule has 0 aromatic carbocycles. The van der Waals surface area contributed by atoms with Crippen LogP contribution in [0.25, 0.3) is 0 Å². The summed E-state index contributed by atoms with van der Waals surface area (Å²) in [6.45, 7) is 3.47. The molecule has 0 saturated carbocycles. The largest absolute Gasteiger partial charge is 0.505 e. The van der Waals surface area contributed by atoms with Crippen LogP contribution in [0.3, 0.4) is 0 Å². The van der Waals surface area contributed by atoms with Gasteiger partial charge in [0.25, 0.3) is 0 Å². The van der Waals surface area contributed by atoms with Crippen molar-refractivity contribution >= 4 is 6.21 Å². The highest BCUT2D eigenvalue weighted by Gasteiger charge is 2.10. The van der Waals surface area contributed by atoms with Crippen LogP contribution in [-0.2, 0) is 6.61 Å². The molecule has 2 heterocycles. The molecule has 2 aromatic rings. The SMILES string of the molecule is Cc1ncc(CO)c(C=N[C@H](C)c2ccncc2)c1O. The number of aliphatic hydroxyl groups is 1. The van der Waals surface area contributed by atoms with Gasteiger partial charge in [-0.3, -0.25) is 15.0 Å². The Bertz CT molecular complexity index is 612. The summed E-state index contributed by atoms with van der Waals surface area (Å²) >= 11 is 0. The molecule has 0 unspecified atom stereocenters. The molecule has 0 fully saturated rings. The van der Waals surface area contributed by atoms with Crippen molar-refractivity contribution in [1.29, 1.82) is 0 Å². The van der Waals surface area contributed by atoms with Crippen LogP contribution < -0.4 is 0 Å². The van der Waals surface area contributed by atoms with Crippen molar-refractivity contribution in [3.05, 3.63) is 53.1 Å². The molecule has 0 saturated heterocycles. The van der Waals surface area contributed by atoms with Gasteiger partial charge >= 0.3 is 0 Å². The zero-order chi connectivity index (χ0) is 14.5. The second kappa shape index (κ2) is 6.25. The quantitative estimate of drug-likeness (QED) is 0.835. The standard InChI is InChI=1S/C15H17N3O2/c1-10(12-3-5-16-6-4-12)18-8-14-13(9-19)7-17-11(2)15(14)20/h3-8,10,19-20H,9H2,1-2H3/t10-/m1/s1. The molecule has 0 radical (unpaired) electrons. The summed E-state index contributed by atoms with van der Waals surface area (Å²) in [5.41, 5.74) is 2.62. The highest BCUT2D eigenvalue weighted by molar-refractivity contribution is 5.85. The first-order valence-electron chi connectivity index (χ1n) is 6.35. The maximum Gasteiger partial charge on any atom is 0.145 e. The molecule has 0 aliphatic carbocycles. The van der Waals surface area contributed by atoms with Gasteiger partial charge in [0.1, 0.15) is 5.75 Å². The van der Waals surface area contributed by atoms with E-state index < -0.39 is 0 Å². The predicted octanol–water partition coefficient (Wildman–Crippen LogP) is 2.16. The van der Waals surface area contributed by atoms with Crippen LogP contribution in [0.15, 0.2) is 35.7 Å². The summed E-state index contributed by atoms with van der Waals surface area (Å²) in [5.74, 6) is 0.0576. The zero-order valence-electron chi connectivity index (χ0n) is 11.5. The second-order valence-corrected chi connectivity index (χ2v) is 4.52. The number of hydrogen-bond donors (Lipinski definition) is 2. The highest BCUT2D eigenvalue weighted by Crippen LogP contribution is 2.23. The van der Waals surface area contributed by atoms with E-state index in [9.17, 15) is 10.2 Å². The molecule has 2 rings (SSSR count). The number of aromatic nitrogens is 2. The molecule has 0 aliphatic heterocycles. The van der Waals surface area contributed by atoms with Crippen molar-refractivity contribution in [2.24, 2.45) is 4.99 Å². The van der Waals surface area contributed by atoms with E-state index in [2.05, 4.69) is 15.0 Å². The van der Waals surface area contributed by atoms with Gasteiger partial charge in [-0.15, -0.1) is 0 Å². The molecular formula is C15H17N3O2. The van der Waals surface area contributed by atoms with Gasteiger partial charge in [-0.25, -0.2) is 0 Å². The van der Waals surface area contributed by atoms with Crippen molar-refractivity contribution in [1.82, 2.24) is 9.97 Å². The van der Waals surface area contributed by atoms with Gasteiger partial charge in [0.15, 0.2) is 0 Å². The number of aliphatic imine (C=N–C) groups is 1. The fourth-order valence-electron chi connectivity index (χ4n) is 1.84. The van der Waals surface area contributed by atoms with Gasteiger partial charge in [0.2, 0.25) is 0 Å². The molecule has 0 bridgehead atoms. The van der Waals surface area contributed by atoms with Gasteiger partial charge in [0, 0.05) is 35.9 Å². The zero-order valence-corrected chi connectivity index (χ0v) is 11.5. The summed E-state index contributed by atoms with van der Waals surface area (Å²) in [7, 11) is 0. The van der Waals surface area contributed by atoms with E-state index in [1.165, 1.54) is 0 Å². The Balaban J connectivity index is 2.30. The highest BCUT2D eigenvalue weighted by atomic mass is 16.3. The number of aliphatic hydroxyl groups excluding tert-OH is 1. The molecule has 2 N–H and O–H groups in total. The fourth-order valence-corrected chi connectivity index (χ4v) is 1.84. The van der Waals surface area contributed by atoms with Crippen molar-refractivity contribution in [3.63, 3.8) is 0 Å².